The van der Waals surface area contributed by atoms with Gasteiger partial charge in [-0.2, -0.15) is 0 Å². The van der Waals surface area contributed by atoms with E-state index in [1.54, 1.807) is 0 Å². The SMILES string of the molecule is C=CC(=O)OCC1OC1C(C)C. The molecule has 0 saturated carbocycles. The van der Waals surface area contributed by atoms with Gasteiger partial charge < -0.3 is 9.47 Å². The molecule has 2 atom stereocenters. The number of rotatable bonds is 4. The first kappa shape index (κ1) is 9.26. The highest BCUT2D eigenvalue weighted by Crippen LogP contribution is 2.29. The molecular formula is C9H14O3. The van der Waals surface area contributed by atoms with Crippen LogP contribution in [0.4, 0.5) is 0 Å². The fourth-order valence-electron chi connectivity index (χ4n) is 1.10. The van der Waals surface area contributed by atoms with Crippen molar-refractivity contribution in [3.63, 3.8) is 0 Å². The molecule has 0 N–H and O–H groups in total. The molecule has 0 aromatic carbocycles. The summed E-state index contributed by atoms with van der Waals surface area (Å²) in [6, 6.07) is 0. The molecule has 0 bridgehead atoms. The van der Waals surface area contributed by atoms with Crippen LogP contribution in [0.3, 0.4) is 0 Å². The lowest BCUT2D eigenvalue weighted by molar-refractivity contribution is -0.138. The van der Waals surface area contributed by atoms with E-state index in [1.165, 1.54) is 0 Å². The Kier molecular flexibility index (Phi) is 2.87. The van der Waals surface area contributed by atoms with E-state index in [0.29, 0.717) is 12.5 Å². The summed E-state index contributed by atoms with van der Waals surface area (Å²) in [4.78, 5) is 10.6. The van der Waals surface area contributed by atoms with Gasteiger partial charge in [-0.25, -0.2) is 4.79 Å². The largest absolute Gasteiger partial charge is 0.460 e. The fourth-order valence-corrected chi connectivity index (χ4v) is 1.10. The predicted molar refractivity (Wildman–Crippen MR) is 44.7 cm³/mol. The van der Waals surface area contributed by atoms with Crippen LogP contribution in [0.5, 0.6) is 0 Å². The smallest absolute Gasteiger partial charge is 0.330 e. The third-order valence-corrected chi connectivity index (χ3v) is 1.84. The highest BCUT2D eigenvalue weighted by molar-refractivity contribution is 5.81. The second-order valence-electron chi connectivity index (χ2n) is 3.22. The molecule has 1 rings (SSSR count). The first-order chi connectivity index (χ1) is 5.65. The summed E-state index contributed by atoms with van der Waals surface area (Å²) >= 11 is 0. The van der Waals surface area contributed by atoms with Crippen molar-refractivity contribution in [2.24, 2.45) is 5.92 Å². The molecule has 1 aliphatic rings. The minimum atomic E-state index is -0.381. The molecule has 0 amide bonds. The first-order valence-electron chi connectivity index (χ1n) is 4.09. The van der Waals surface area contributed by atoms with Gasteiger partial charge in [0.1, 0.15) is 12.7 Å². The third-order valence-electron chi connectivity index (χ3n) is 1.84. The molecular weight excluding hydrogens is 156 g/mol. The van der Waals surface area contributed by atoms with Crippen LogP contribution in [0.1, 0.15) is 13.8 Å². The van der Waals surface area contributed by atoms with E-state index >= 15 is 0 Å². The zero-order chi connectivity index (χ0) is 9.14. The Labute approximate surface area is 72.4 Å². The number of hydrogen-bond acceptors (Lipinski definition) is 3. The quantitative estimate of drug-likeness (QED) is 0.361. The van der Waals surface area contributed by atoms with Gasteiger partial charge in [-0.05, 0) is 5.92 Å². The number of esters is 1. The van der Waals surface area contributed by atoms with Gasteiger partial charge in [-0.3, -0.25) is 0 Å². The van der Waals surface area contributed by atoms with Gasteiger partial charge in [0, 0.05) is 6.08 Å². The second kappa shape index (κ2) is 3.72. The Morgan fingerprint density at radius 1 is 1.75 bits per heavy atom. The third kappa shape index (κ3) is 2.34. The predicted octanol–water partition coefficient (Wildman–Crippen LogP) is 1.14. The Morgan fingerprint density at radius 3 is 2.83 bits per heavy atom. The van der Waals surface area contributed by atoms with Gasteiger partial charge in [0.15, 0.2) is 0 Å². The summed E-state index contributed by atoms with van der Waals surface area (Å²) in [6.07, 6.45) is 1.53. The van der Waals surface area contributed by atoms with Crippen LogP contribution in [0, 0.1) is 5.92 Å². The lowest BCUT2D eigenvalue weighted by Gasteiger charge is -1.98. The molecule has 0 aromatic heterocycles. The van der Waals surface area contributed by atoms with Gasteiger partial charge in [0.2, 0.25) is 0 Å². The van der Waals surface area contributed by atoms with E-state index in [1.807, 2.05) is 0 Å². The summed E-state index contributed by atoms with van der Waals surface area (Å²) in [7, 11) is 0. The molecule has 1 heterocycles. The van der Waals surface area contributed by atoms with Crippen LogP contribution in [-0.4, -0.2) is 24.8 Å². The Morgan fingerprint density at radius 2 is 2.42 bits per heavy atom. The molecule has 1 fully saturated rings. The van der Waals surface area contributed by atoms with E-state index < -0.39 is 0 Å². The molecule has 0 radical (unpaired) electrons. The highest BCUT2D eigenvalue weighted by atomic mass is 16.6. The normalized spacial score (nSPS) is 26.9. The van der Waals surface area contributed by atoms with Gasteiger partial charge >= 0.3 is 5.97 Å². The van der Waals surface area contributed by atoms with Crippen LogP contribution in [-0.2, 0) is 14.3 Å². The monoisotopic (exact) mass is 170 g/mol. The van der Waals surface area contributed by atoms with E-state index in [0.717, 1.165) is 6.08 Å². The molecule has 0 spiro atoms. The zero-order valence-electron chi connectivity index (χ0n) is 7.45. The van der Waals surface area contributed by atoms with Crippen LogP contribution < -0.4 is 0 Å². The van der Waals surface area contributed by atoms with Crippen molar-refractivity contribution in [2.45, 2.75) is 26.1 Å². The minimum Gasteiger partial charge on any atom is -0.460 e. The van der Waals surface area contributed by atoms with Gasteiger partial charge in [0.05, 0.1) is 6.10 Å². The first-order valence-corrected chi connectivity index (χ1v) is 4.09. The molecule has 3 heteroatoms. The number of epoxide rings is 1. The van der Waals surface area contributed by atoms with Crippen molar-refractivity contribution in [1.82, 2.24) is 0 Å². The fraction of sp³-hybridized carbons (Fsp3) is 0.667. The lowest BCUT2D eigenvalue weighted by Crippen LogP contribution is -2.11. The van der Waals surface area contributed by atoms with Crippen molar-refractivity contribution in [3.05, 3.63) is 12.7 Å². The molecule has 1 saturated heterocycles. The van der Waals surface area contributed by atoms with Crippen molar-refractivity contribution < 1.29 is 14.3 Å². The summed E-state index contributed by atoms with van der Waals surface area (Å²) < 4.78 is 10.1. The minimum absolute atomic E-state index is 0.105. The van der Waals surface area contributed by atoms with E-state index in [9.17, 15) is 4.79 Å². The summed E-state index contributed by atoms with van der Waals surface area (Å²) in [5.41, 5.74) is 0. The number of carbonyl (C=O) groups excluding carboxylic acids is 1. The molecule has 68 valence electrons. The maximum atomic E-state index is 10.6. The molecule has 2 unspecified atom stereocenters. The number of ether oxygens (including phenoxy) is 2. The average Bonchev–Trinajstić information content (AvgIpc) is 2.79. The van der Waals surface area contributed by atoms with Crippen LogP contribution in [0.25, 0.3) is 0 Å². The van der Waals surface area contributed by atoms with Crippen LogP contribution >= 0.6 is 0 Å². The van der Waals surface area contributed by atoms with Crippen molar-refractivity contribution >= 4 is 5.97 Å². The van der Waals surface area contributed by atoms with Gasteiger partial charge in [-0.1, -0.05) is 20.4 Å². The average molecular weight is 170 g/mol. The van der Waals surface area contributed by atoms with Crippen molar-refractivity contribution in [2.75, 3.05) is 6.61 Å². The summed E-state index contributed by atoms with van der Waals surface area (Å²) in [6.45, 7) is 7.82. The molecule has 0 aromatic rings. The van der Waals surface area contributed by atoms with Gasteiger partial charge in [0.25, 0.3) is 0 Å². The lowest BCUT2D eigenvalue weighted by atomic mass is 10.1. The van der Waals surface area contributed by atoms with Crippen molar-refractivity contribution in [3.8, 4) is 0 Å². The van der Waals surface area contributed by atoms with E-state index in [-0.39, 0.29) is 18.2 Å². The topological polar surface area (TPSA) is 38.8 Å². The highest BCUT2D eigenvalue weighted by Gasteiger charge is 2.41. The van der Waals surface area contributed by atoms with E-state index in [2.05, 4.69) is 20.4 Å². The maximum absolute atomic E-state index is 10.6. The number of hydrogen-bond donors (Lipinski definition) is 0. The van der Waals surface area contributed by atoms with Gasteiger partial charge in [-0.15, -0.1) is 0 Å². The molecule has 0 aliphatic carbocycles. The molecule has 1 aliphatic heterocycles. The van der Waals surface area contributed by atoms with Crippen LogP contribution in [0.2, 0.25) is 0 Å². The second-order valence-corrected chi connectivity index (χ2v) is 3.22. The zero-order valence-corrected chi connectivity index (χ0v) is 7.45. The van der Waals surface area contributed by atoms with Crippen LogP contribution in [0.15, 0.2) is 12.7 Å². The maximum Gasteiger partial charge on any atom is 0.330 e. The van der Waals surface area contributed by atoms with Crippen molar-refractivity contribution in [1.29, 1.82) is 0 Å². The Bertz CT molecular complexity index is 186. The van der Waals surface area contributed by atoms with E-state index in [4.69, 9.17) is 9.47 Å². The summed E-state index contributed by atoms with van der Waals surface area (Å²) in [5, 5.41) is 0. The molecule has 12 heavy (non-hydrogen) atoms. The molecule has 3 nitrogen and oxygen atoms in total. The Balaban J connectivity index is 2.12. The summed E-state index contributed by atoms with van der Waals surface area (Å²) in [5.74, 6) is 0.116. The standard InChI is InChI=1S/C9H14O3/c1-4-8(10)11-5-7-9(12-7)6(2)3/h4,6-7,9H,1,5H2,2-3H3. The number of carbonyl (C=O) groups is 1. The Hall–Kier alpha value is -0.830.